The van der Waals surface area contributed by atoms with Gasteiger partial charge in [-0.05, 0) is 12.1 Å². The molecule has 5 nitrogen and oxygen atoms in total. The van der Waals surface area contributed by atoms with Gasteiger partial charge in [0.05, 0.1) is 6.42 Å². The zero-order valence-corrected chi connectivity index (χ0v) is 7.64. The number of carbonyl (C=O) groups excluding carboxylic acids is 2. The minimum absolute atomic E-state index is 0.108. The maximum absolute atomic E-state index is 11.3. The van der Waals surface area contributed by atoms with Gasteiger partial charge in [0.2, 0.25) is 5.78 Å². The second-order valence-electron chi connectivity index (χ2n) is 2.88. The Morgan fingerprint density at radius 2 is 1.87 bits per heavy atom. The highest BCUT2D eigenvalue weighted by Crippen LogP contribution is 2.12. The van der Waals surface area contributed by atoms with E-state index in [9.17, 15) is 14.4 Å². The van der Waals surface area contributed by atoms with Crippen LogP contribution in [0.3, 0.4) is 0 Å². The first-order valence-corrected chi connectivity index (χ1v) is 4.09. The van der Waals surface area contributed by atoms with Gasteiger partial charge in [-0.15, -0.1) is 0 Å². The first kappa shape index (κ1) is 10.9. The first-order valence-electron chi connectivity index (χ1n) is 4.09. The molecule has 0 spiro atoms. The summed E-state index contributed by atoms with van der Waals surface area (Å²) in [5.41, 5.74) is 0.115. The molecule has 0 fully saturated rings. The van der Waals surface area contributed by atoms with Crippen molar-refractivity contribution in [3.8, 4) is 5.75 Å². The number of aromatic hydroxyl groups is 1. The van der Waals surface area contributed by atoms with Gasteiger partial charge in [0.25, 0.3) is 0 Å². The lowest BCUT2D eigenvalue weighted by Crippen LogP contribution is -2.17. The fourth-order valence-electron chi connectivity index (χ4n) is 1.00. The lowest BCUT2D eigenvalue weighted by molar-refractivity contribution is -0.148. The summed E-state index contributed by atoms with van der Waals surface area (Å²) in [7, 11) is 0. The average Bonchev–Trinajstić information content (AvgIpc) is 2.17. The lowest BCUT2D eigenvalue weighted by atomic mass is 10.1. The van der Waals surface area contributed by atoms with E-state index >= 15 is 0 Å². The Morgan fingerprint density at radius 3 is 2.40 bits per heavy atom. The molecule has 0 heterocycles. The van der Waals surface area contributed by atoms with Gasteiger partial charge < -0.3 is 10.2 Å². The minimum Gasteiger partial charge on any atom is -0.508 e. The van der Waals surface area contributed by atoms with Crippen LogP contribution in [0.15, 0.2) is 24.3 Å². The number of phenolic OH excluding ortho intramolecular Hbond substituents is 1. The number of hydrogen-bond donors (Lipinski definition) is 2. The van der Waals surface area contributed by atoms with E-state index in [0.717, 1.165) is 0 Å². The molecule has 15 heavy (non-hydrogen) atoms. The van der Waals surface area contributed by atoms with Gasteiger partial charge in [-0.25, -0.2) is 4.79 Å². The van der Waals surface area contributed by atoms with E-state index in [4.69, 9.17) is 10.2 Å². The summed E-state index contributed by atoms with van der Waals surface area (Å²) >= 11 is 0. The van der Waals surface area contributed by atoms with Crippen molar-refractivity contribution >= 4 is 17.5 Å². The summed E-state index contributed by atoms with van der Waals surface area (Å²) in [4.78, 5) is 32.2. The van der Waals surface area contributed by atoms with Crippen LogP contribution in [0.2, 0.25) is 0 Å². The van der Waals surface area contributed by atoms with Crippen LogP contribution in [0.5, 0.6) is 5.75 Å². The van der Waals surface area contributed by atoms with Crippen LogP contribution in [0.4, 0.5) is 0 Å². The molecule has 1 rings (SSSR count). The topological polar surface area (TPSA) is 91.7 Å². The molecular weight excluding hydrogens is 200 g/mol. The Labute approximate surface area is 85.0 Å². The van der Waals surface area contributed by atoms with Crippen molar-refractivity contribution in [2.45, 2.75) is 6.42 Å². The van der Waals surface area contributed by atoms with Crippen molar-refractivity contribution in [2.24, 2.45) is 0 Å². The van der Waals surface area contributed by atoms with Crippen molar-refractivity contribution in [3.05, 3.63) is 29.8 Å². The number of carboxylic acids is 1. The second kappa shape index (κ2) is 4.36. The van der Waals surface area contributed by atoms with Crippen LogP contribution in [0, 0.1) is 0 Å². The van der Waals surface area contributed by atoms with Crippen LogP contribution in [-0.2, 0) is 9.59 Å². The summed E-state index contributed by atoms with van der Waals surface area (Å²) in [5.74, 6) is -3.53. The minimum atomic E-state index is -1.64. The van der Waals surface area contributed by atoms with Crippen LogP contribution in [-0.4, -0.2) is 27.7 Å². The Bertz CT molecular complexity index is 422. The first-order chi connectivity index (χ1) is 7.00. The fraction of sp³-hybridized carbons (Fsp3) is 0.100. The molecule has 1 aromatic rings. The number of rotatable bonds is 4. The Balaban J connectivity index is 2.78. The third-order valence-corrected chi connectivity index (χ3v) is 1.73. The molecule has 0 bridgehead atoms. The maximum Gasteiger partial charge on any atom is 0.372 e. The van der Waals surface area contributed by atoms with Gasteiger partial charge >= 0.3 is 5.97 Å². The number of Topliss-reactive ketones (excluding diaryl/α,β-unsaturated/α-hetero) is 2. The van der Waals surface area contributed by atoms with Crippen molar-refractivity contribution in [1.82, 2.24) is 0 Å². The van der Waals surface area contributed by atoms with Gasteiger partial charge in [-0.2, -0.15) is 0 Å². The number of ketones is 2. The van der Waals surface area contributed by atoms with Crippen molar-refractivity contribution in [1.29, 1.82) is 0 Å². The summed E-state index contributed by atoms with van der Waals surface area (Å²) < 4.78 is 0. The molecular formula is C10H8O5. The van der Waals surface area contributed by atoms with E-state index in [1.165, 1.54) is 24.3 Å². The monoisotopic (exact) mass is 208 g/mol. The van der Waals surface area contributed by atoms with Crippen molar-refractivity contribution in [2.75, 3.05) is 0 Å². The molecule has 0 saturated carbocycles. The quantitative estimate of drug-likeness (QED) is 0.430. The summed E-state index contributed by atoms with van der Waals surface area (Å²) in [6.07, 6.45) is -0.696. The Hall–Kier alpha value is -2.17. The normalized spacial score (nSPS) is 9.60. The highest BCUT2D eigenvalue weighted by Gasteiger charge is 2.17. The molecule has 0 aromatic heterocycles. The number of hydrogen-bond acceptors (Lipinski definition) is 4. The molecule has 0 atom stereocenters. The molecule has 1 aromatic carbocycles. The summed E-state index contributed by atoms with van der Waals surface area (Å²) in [5, 5.41) is 17.3. The number of benzene rings is 1. The standard InChI is InChI=1S/C10H8O5/c11-7-3-1-2-6(4-7)8(12)5-9(13)10(14)15/h1-4,11H,5H2,(H,14,15). The number of carbonyl (C=O) groups is 3. The molecule has 0 aliphatic carbocycles. The van der Waals surface area contributed by atoms with E-state index in [1.807, 2.05) is 0 Å². The maximum atomic E-state index is 11.3. The van der Waals surface area contributed by atoms with Crippen molar-refractivity contribution in [3.63, 3.8) is 0 Å². The zero-order chi connectivity index (χ0) is 11.4. The van der Waals surface area contributed by atoms with Gasteiger partial charge in [-0.3, -0.25) is 9.59 Å². The molecule has 78 valence electrons. The van der Waals surface area contributed by atoms with Crippen LogP contribution in [0.25, 0.3) is 0 Å². The zero-order valence-electron chi connectivity index (χ0n) is 7.64. The molecule has 0 amide bonds. The molecule has 0 aliphatic heterocycles. The molecule has 5 heteroatoms. The number of carboxylic acid groups (broad SMARTS) is 1. The Morgan fingerprint density at radius 1 is 1.20 bits per heavy atom. The molecule has 0 aliphatic rings. The molecule has 0 radical (unpaired) electrons. The molecule has 0 unspecified atom stereocenters. The van der Waals surface area contributed by atoms with Gasteiger partial charge in [0.15, 0.2) is 5.78 Å². The predicted molar refractivity (Wildman–Crippen MR) is 49.7 cm³/mol. The van der Waals surface area contributed by atoms with E-state index in [2.05, 4.69) is 0 Å². The molecule has 0 saturated heterocycles. The summed E-state index contributed by atoms with van der Waals surface area (Å²) in [6.45, 7) is 0. The second-order valence-corrected chi connectivity index (χ2v) is 2.88. The highest BCUT2D eigenvalue weighted by atomic mass is 16.4. The van der Waals surface area contributed by atoms with E-state index in [1.54, 1.807) is 0 Å². The SMILES string of the molecule is O=C(O)C(=O)CC(=O)c1cccc(O)c1. The van der Waals surface area contributed by atoms with Crippen LogP contribution >= 0.6 is 0 Å². The largest absolute Gasteiger partial charge is 0.508 e. The third kappa shape index (κ3) is 2.91. The Kier molecular flexibility index (Phi) is 3.17. The van der Waals surface area contributed by atoms with E-state index in [-0.39, 0.29) is 11.3 Å². The fourth-order valence-corrected chi connectivity index (χ4v) is 1.00. The predicted octanol–water partition coefficient (Wildman–Crippen LogP) is 0.619. The lowest BCUT2D eigenvalue weighted by Gasteiger charge is -1.98. The van der Waals surface area contributed by atoms with Gasteiger partial charge in [0, 0.05) is 5.56 Å². The highest BCUT2D eigenvalue weighted by molar-refractivity contribution is 6.37. The smallest absolute Gasteiger partial charge is 0.372 e. The van der Waals surface area contributed by atoms with Gasteiger partial charge in [-0.1, -0.05) is 12.1 Å². The van der Waals surface area contributed by atoms with Crippen LogP contribution < -0.4 is 0 Å². The number of aliphatic carboxylic acids is 1. The summed E-state index contributed by atoms with van der Waals surface area (Å²) in [6, 6.07) is 5.39. The van der Waals surface area contributed by atoms with E-state index < -0.39 is 24.0 Å². The number of phenols is 1. The third-order valence-electron chi connectivity index (χ3n) is 1.73. The van der Waals surface area contributed by atoms with Gasteiger partial charge in [0.1, 0.15) is 5.75 Å². The molecule has 2 N–H and O–H groups in total. The van der Waals surface area contributed by atoms with Crippen LogP contribution in [0.1, 0.15) is 16.8 Å². The average molecular weight is 208 g/mol. The van der Waals surface area contributed by atoms with Crippen molar-refractivity contribution < 1.29 is 24.6 Å². The van der Waals surface area contributed by atoms with E-state index in [0.29, 0.717) is 0 Å².